The van der Waals surface area contributed by atoms with Crippen LogP contribution in [0.2, 0.25) is 5.02 Å². The molecule has 0 unspecified atom stereocenters. The molecule has 0 bridgehead atoms. The van der Waals surface area contributed by atoms with Crippen LogP contribution in [0.3, 0.4) is 0 Å². The Morgan fingerprint density at radius 3 is 3.00 bits per heavy atom. The van der Waals surface area contributed by atoms with Crippen molar-refractivity contribution in [3.05, 3.63) is 57.5 Å². The number of amides is 1. The number of aryl methyl sites for hydroxylation is 1. The van der Waals surface area contributed by atoms with E-state index < -0.39 is 0 Å². The van der Waals surface area contributed by atoms with Crippen LogP contribution < -0.4 is 5.32 Å². The molecule has 7 nitrogen and oxygen atoms in total. The van der Waals surface area contributed by atoms with Crippen LogP contribution in [0.4, 0.5) is 5.95 Å². The number of carbonyl (C=O) groups is 1. The maximum Gasteiger partial charge on any atom is 0.277 e. The summed E-state index contributed by atoms with van der Waals surface area (Å²) in [6.45, 7) is 3.01. The first-order chi connectivity index (χ1) is 11.6. The highest BCUT2D eigenvalue weighted by Crippen LogP contribution is 2.17. The normalized spacial score (nSPS) is 10.8. The van der Waals surface area contributed by atoms with Gasteiger partial charge in [-0.1, -0.05) is 23.7 Å². The summed E-state index contributed by atoms with van der Waals surface area (Å²) in [5.41, 5.74) is 1.43. The molecule has 0 saturated carbocycles. The predicted molar refractivity (Wildman–Crippen MR) is 94.1 cm³/mol. The van der Waals surface area contributed by atoms with Gasteiger partial charge in [-0.25, -0.2) is 9.67 Å². The highest BCUT2D eigenvalue weighted by atomic mass is 79.9. The van der Waals surface area contributed by atoms with Gasteiger partial charge < -0.3 is 0 Å². The third-order valence-electron chi connectivity index (χ3n) is 3.30. The first kappa shape index (κ1) is 16.7. The lowest BCUT2D eigenvalue weighted by Crippen LogP contribution is -2.19. The van der Waals surface area contributed by atoms with Crippen LogP contribution in [0, 0.1) is 0 Å². The maximum atomic E-state index is 12.4. The molecule has 0 aliphatic heterocycles. The zero-order valence-electron chi connectivity index (χ0n) is 12.8. The number of nitrogens with zero attached hydrogens (tertiary/aromatic N) is 5. The van der Waals surface area contributed by atoms with Gasteiger partial charge in [-0.3, -0.25) is 14.8 Å². The monoisotopic (exact) mass is 408 g/mol. The molecule has 24 heavy (non-hydrogen) atoms. The summed E-state index contributed by atoms with van der Waals surface area (Å²) in [5, 5.41) is 11.7. The Balaban J connectivity index is 1.72. The van der Waals surface area contributed by atoms with E-state index in [4.69, 9.17) is 11.6 Å². The molecule has 3 aromatic rings. The number of halogens is 2. The van der Waals surface area contributed by atoms with Crippen molar-refractivity contribution in [3.63, 3.8) is 0 Å². The van der Waals surface area contributed by atoms with Crippen LogP contribution in [0.15, 0.2) is 41.3 Å². The summed E-state index contributed by atoms with van der Waals surface area (Å²) < 4.78 is 3.86. The number of anilines is 1. The summed E-state index contributed by atoms with van der Waals surface area (Å²) in [6, 6.07) is 7.49. The minimum absolute atomic E-state index is 0.234. The van der Waals surface area contributed by atoms with E-state index in [0.29, 0.717) is 28.3 Å². The van der Waals surface area contributed by atoms with E-state index in [1.807, 2.05) is 31.2 Å². The zero-order valence-corrected chi connectivity index (χ0v) is 15.1. The van der Waals surface area contributed by atoms with E-state index >= 15 is 0 Å². The standard InChI is InChI=1S/C15H14BrClN6O/c1-2-23-13(12(16)7-19-23)14(24)20-15-18-9-22(21-15)8-10-4-3-5-11(17)6-10/h3-7,9H,2,8H2,1H3,(H,20,21,24). The first-order valence-corrected chi connectivity index (χ1v) is 8.40. The topological polar surface area (TPSA) is 77.6 Å². The Kier molecular flexibility index (Phi) is 4.96. The molecule has 1 amide bonds. The number of nitrogens with one attached hydrogen (secondary N) is 1. The van der Waals surface area contributed by atoms with Gasteiger partial charge in [0.1, 0.15) is 12.0 Å². The average molecular weight is 410 g/mol. The number of aromatic nitrogens is 5. The quantitative estimate of drug-likeness (QED) is 0.702. The molecule has 0 aliphatic rings. The van der Waals surface area contributed by atoms with Crippen molar-refractivity contribution in [3.8, 4) is 0 Å². The van der Waals surface area contributed by atoms with Gasteiger partial charge >= 0.3 is 0 Å². The molecule has 0 spiro atoms. The van der Waals surface area contributed by atoms with E-state index in [1.165, 1.54) is 0 Å². The maximum absolute atomic E-state index is 12.4. The molecule has 1 aromatic carbocycles. The minimum atomic E-state index is -0.318. The molecule has 2 aromatic heterocycles. The molecule has 0 aliphatic carbocycles. The fourth-order valence-corrected chi connectivity index (χ4v) is 2.93. The molecule has 2 heterocycles. The molecular weight excluding hydrogens is 396 g/mol. The number of hydrogen-bond donors (Lipinski definition) is 1. The van der Waals surface area contributed by atoms with Gasteiger partial charge in [-0.2, -0.15) is 5.10 Å². The SMILES string of the molecule is CCn1ncc(Br)c1C(=O)Nc1ncn(Cc2cccc(Cl)c2)n1. The lowest BCUT2D eigenvalue weighted by Gasteiger charge is -2.04. The van der Waals surface area contributed by atoms with Gasteiger partial charge in [0.05, 0.1) is 17.2 Å². The van der Waals surface area contributed by atoms with E-state index in [1.54, 1.807) is 21.9 Å². The van der Waals surface area contributed by atoms with Crippen LogP contribution in [0.25, 0.3) is 0 Å². The highest BCUT2D eigenvalue weighted by Gasteiger charge is 2.18. The Morgan fingerprint density at radius 1 is 1.42 bits per heavy atom. The summed E-state index contributed by atoms with van der Waals surface area (Å²) in [5.74, 6) is -0.0838. The zero-order chi connectivity index (χ0) is 17.1. The summed E-state index contributed by atoms with van der Waals surface area (Å²) in [6.07, 6.45) is 3.15. The van der Waals surface area contributed by atoms with Crippen LogP contribution in [-0.4, -0.2) is 30.5 Å². The molecule has 0 atom stereocenters. The number of hydrogen-bond acceptors (Lipinski definition) is 4. The Hall–Kier alpha value is -2.19. The van der Waals surface area contributed by atoms with E-state index in [9.17, 15) is 4.79 Å². The van der Waals surface area contributed by atoms with Crippen molar-refractivity contribution in [1.29, 1.82) is 0 Å². The van der Waals surface area contributed by atoms with Crippen LogP contribution in [0.5, 0.6) is 0 Å². The summed E-state index contributed by atoms with van der Waals surface area (Å²) in [4.78, 5) is 16.5. The fraction of sp³-hybridized carbons (Fsp3) is 0.200. The molecule has 0 saturated heterocycles. The van der Waals surface area contributed by atoms with Crippen LogP contribution in [-0.2, 0) is 13.1 Å². The predicted octanol–water partition coefficient (Wildman–Crippen LogP) is 3.21. The van der Waals surface area contributed by atoms with Crippen molar-refractivity contribution < 1.29 is 4.79 Å². The van der Waals surface area contributed by atoms with Crippen molar-refractivity contribution in [2.45, 2.75) is 20.0 Å². The minimum Gasteiger partial charge on any atom is -0.288 e. The first-order valence-electron chi connectivity index (χ1n) is 7.23. The number of rotatable bonds is 5. The average Bonchev–Trinajstić information content (AvgIpc) is 3.13. The second kappa shape index (κ2) is 7.14. The van der Waals surface area contributed by atoms with Gasteiger partial charge in [0.15, 0.2) is 0 Å². The van der Waals surface area contributed by atoms with Crippen molar-refractivity contribution in [2.24, 2.45) is 0 Å². The van der Waals surface area contributed by atoms with E-state index in [0.717, 1.165) is 5.56 Å². The van der Waals surface area contributed by atoms with Crippen LogP contribution >= 0.6 is 27.5 Å². The lowest BCUT2D eigenvalue weighted by atomic mass is 10.2. The van der Waals surface area contributed by atoms with Gasteiger partial charge in [-0.05, 0) is 40.5 Å². The summed E-state index contributed by atoms with van der Waals surface area (Å²) >= 11 is 9.30. The molecule has 124 valence electrons. The summed E-state index contributed by atoms with van der Waals surface area (Å²) in [7, 11) is 0. The molecule has 3 rings (SSSR count). The van der Waals surface area contributed by atoms with E-state index in [2.05, 4.69) is 36.4 Å². The van der Waals surface area contributed by atoms with Crippen LogP contribution in [0.1, 0.15) is 23.0 Å². The molecule has 0 fully saturated rings. The molecule has 1 N–H and O–H groups in total. The smallest absolute Gasteiger partial charge is 0.277 e. The second-order valence-electron chi connectivity index (χ2n) is 5.01. The van der Waals surface area contributed by atoms with Gasteiger partial charge in [0, 0.05) is 11.6 Å². The fourth-order valence-electron chi connectivity index (χ4n) is 2.24. The third-order valence-corrected chi connectivity index (χ3v) is 4.12. The van der Waals surface area contributed by atoms with Gasteiger partial charge in [-0.15, -0.1) is 5.10 Å². The van der Waals surface area contributed by atoms with Crippen molar-refractivity contribution in [2.75, 3.05) is 5.32 Å². The van der Waals surface area contributed by atoms with Gasteiger partial charge in [0.25, 0.3) is 5.91 Å². The number of benzene rings is 1. The molecule has 0 radical (unpaired) electrons. The molecular formula is C15H14BrClN6O. The Morgan fingerprint density at radius 2 is 2.25 bits per heavy atom. The van der Waals surface area contributed by atoms with Gasteiger partial charge in [0.2, 0.25) is 5.95 Å². The Labute approximate surface area is 151 Å². The van der Waals surface area contributed by atoms with E-state index in [-0.39, 0.29) is 11.9 Å². The largest absolute Gasteiger partial charge is 0.288 e. The Bertz CT molecular complexity index is 874. The van der Waals surface area contributed by atoms with Crippen molar-refractivity contribution >= 4 is 39.4 Å². The lowest BCUT2D eigenvalue weighted by molar-refractivity contribution is 0.101. The molecule has 9 heteroatoms. The van der Waals surface area contributed by atoms with Crippen molar-refractivity contribution in [1.82, 2.24) is 24.5 Å². The third kappa shape index (κ3) is 3.65. The number of carbonyl (C=O) groups excluding carboxylic acids is 1. The second-order valence-corrected chi connectivity index (χ2v) is 6.30. The highest BCUT2D eigenvalue weighted by molar-refractivity contribution is 9.10.